The predicted molar refractivity (Wildman–Crippen MR) is 102 cm³/mol. The van der Waals surface area contributed by atoms with E-state index in [-0.39, 0.29) is 22.5 Å². The maximum atomic E-state index is 13.8. The smallest absolute Gasteiger partial charge is 0.451 e. The van der Waals surface area contributed by atoms with Gasteiger partial charge < -0.3 is 9.63 Å². The number of aromatic nitrogens is 2. The zero-order valence-electron chi connectivity index (χ0n) is 15.6. The number of rotatable bonds is 7. The van der Waals surface area contributed by atoms with Gasteiger partial charge in [-0.3, -0.25) is 13.6 Å². The number of hydrogen-bond donors (Lipinski definition) is 3. The Balaban J connectivity index is 2.03. The molecule has 166 valence electrons. The fraction of sp³-hybridized carbons (Fsp3) is 0.125. The minimum Gasteiger partial charge on any atom is -0.451 e. The first-order valence-corrected chi connectivity index (χ1v) is 11.2. The molecule has 0 aliphatic carbocycles. The SMILES string of the molecule is COC(=O)NOP(=O)(O)OCc1nc2ccc(S(=O)(=O)O)cc2n1-c1cccc(F)c1. The van der Waals surface area contributed by atoms with Gasteiger partial charge in [0.15, 0.2) is 0 Å². The van der Waals surface area contributed by atoms with E-state index in [1.54, 1.807) is 5.48 Å². The van der Waals surface area contributed by atoms with Gasteiger partial charge in [-0.2, -0.15) is 18.5 Å². The van der Waals surface area contributed by atoms with Gasteiger partial charge in [0.05, 0.1) is 28.7 Å². The van der Waals surface area contributed by atoms with Crippen LogP contribution in [0.4, 0.5) is 9.18 Å². The van der Waals surface area contributed by atoms with E-state index in [2.05, 4.69) is 14.3 Å². The number of hydrogen-bond acceptors (Lipinski definition) is 8. The summed E-state index contributed by atoms with van der Waals surface area (Å²) in [7, 11) is -8.35. The molecule has 15 heteroatoms. The van der Waals surface area contributed by atoms with Crippen LogP contribution in [0.1, 0.15) is 5.82 Å². The fourth-order valence-corrected chi connectivity index (χ4v) is 3.59. The first kappa shape index (κ1) is 22.8. The normalized spacial score (nSPS) is 13.7. The van der Waals surface area contributed by atoms with Crippen LogP contribution in [-0.4, -0.2) is 40.6 Å². The van der Waals surface area contributed by atoms with Crippen LogP contribution in [0.2, 0.25) is 0 Å². The lowest BCUT2D eigenvalue weighted by Crippen LogP contribution is -2.22. The van der Waals surface area contributed by atoms with Gasteiger partial charge in [0.2, 0.25) is 0 Å². The number of benzene rings is 2. The molecule has 0 aliphatic heterocycles. The molecule has 0 bridgehead atoms. The van der Waals surface area contributed by atoms with Crippen LogP contribution in [0.3, 0.4) is 0 Å². The number of fused-ring (bicyclic) bond motifs is 1. The van der Waals surface area contributed by atoms with E-state index in [1.165, 1.54) is 28.8 Å². The van der Waals surface area contributed by atoms with Crippen molar-refractivity contribution in [2.75, 3.05) is 7.11 Å². The fourth-order valence-electron chi connectivity index (χ4n) is 2.57. The third-order valence-electron chi connectivity index (χ3n) is 3.85. The van der Waals surface area contributed by atoms with Crippen molar-refractivity contribution in [3.63, 3.8) is 0 Å². The van der Waals surface area contributed by atoms with Gasteiger partial charge in [-0.25, -0.2) is 18.7 Å². The van der Waals surface area contributed by atoms with Crippen LogP contribution >= 0.6 is 7.82 Å². The monoisotopic (exact) mass is 475 g/mol. The maximum Gasteiger partial charge on any atom is 0.494 e. The Kier molecular flexibility index (Phi) is 6.40. The molecule has 0 spiro atoms. The van der Waals surface area contributed by atoms with Crippen molar-refractivity contribution in [2.24, 2.45) is 0 Å². The van der Waals surface area contributed by atoms with Crippen molar-refractivity contribution in [3.05, 3.63) is 54.1 Å². The van der Waals surface area contributed by atoms with Crippen molar-refractivity contribution < 1.29 is 45.5 Å². The number of phosphoric ester groups is 1. The zero-order chi connectivity index (χ0) is 22.8. The summed E-state index contributed by atoms with van der Waals surface area (Å²) in [6.07, 6.45) is -1.15. The highest BCUT2D eigenvalue weighted by Crippen LogP contribution is 2.43. The molecule has 31 heavy (non-hydrogen) atoms. The molecule has 0 radical (unpaired) electrons. The average molecular weight is 475 g/mol. The number of nitrogens with one attached hydrogen (secondary N) is 1. The molecule has 1 heterocycles. The Morgan fingerprint density at radius 2 is 2.03 bits per heavy atom. The number of imidazole rings is 1. The quantitative estimate of drug-likeness (QED) is 0.262. The molecule has 2 aromatic carbocycles. The molecular formula is C16H15FN3O9PS. The predicted octanol–water partition coefficient (Wildman–Crippen LogP) is 2.32. The molecule has 0 saturated carbocycles. The summed E-state index contributed by atoms with van der Waals surface area (Å²) in [5, 5.41) is 0. The molecule has 12 nitrogen and oxygen atoms in total. The minimum absolute atomic E-state index is 0.0379. The molecule has 1 aromatic heterocycles. The third-order valence-corrected chi connectivity index (χ3v) is 5.47. The first-order chi connectivity index (χ1) is 14.5. The van der Waals surface area contributed by atoms with E-state index >= 15 is 0 Å². The van der Waals surface area contributed by atoms with Crippen molar-refractivity contribution in [1.29, 1.82) is 0 Å². The summed E-state index contributed by atoms with van der Waals surface area (Å²) >= 11 is 0. The summed E-state index contributed by atoms with van der Waals surface area (Å²) in [5.74, 6) is -0.653. The summed E-state index contributed by atoms with van der Waals surface area (Å²) < 4.78 is 72.6. The van der Waals surface area contributed by atoms with Gasteiger partial charge in [0.25, 0.3) is 10.1 Å². The molecule has 3 aromatic rings. The number of carbonyl (C=O) groups is 1. The molecule has 0 aliphatic rings. The molecule has 0 saturated heterocycles. The summed E-state index contributed by atoms with van der Waals surface area (Å²) in [5.41, 5.74) is 2.09. The molecule has 1 unspecified atom stereocenters. The van der Waals surface area contributed by atoms with Gasteiger partial charge >= 0.3 is 13.9 Å². The Morgan fingerprint density at radius 1 is 1.29 bits per heavy atom. The summed E-state index contributed by atoms with van der Waals surface area (Å²) in [6, 6.07) is 8.63. The molecule has 0 fully saturated rings. The number of nitrogens with zero attached hydrogens (tertiary/aromatic N) is 2. The van der Waals surface area contributed by atoms with Gasteiger partial charge in [0, 0.05) is 0 Å². The zero-order valence-corrected chi connectivity index (χ0v) is 17.3. The van der Waals surface area contributed by atoms with Crippen molar-refractivity contribution >= 4 is 35.1 Å². The number of carbonyl (C=O) groups excluding carboxylic acids is 1. The van der Waals surface area contributed by atoms with Crippen molar-refractivity contribution in [2.45, 2.75) is 11.5 Å². The van der Waals surface area contributed by atoms with Crippen LogP contribution in [0.5, 0.6) is 0 Å². The van der Waals surface area contributed by atoms with E-state index in [1.807, 2.05) is 0 Å². The van der Waals surface area contributed by atoms with E-state index in [4.69, 9.17) is 4.52 Å². The van der Waals surface area contributed by atoms with Crippen LogP contribution in [0.25, 0.3) is 16.7 Å². The second kappa shape index (κ2) is 8.70. The lowest BCUT2D eigenvalue weighted by Gasteiger charge is -2.13. The number of phosphoric acid groups is 1. The molecule has 3 N–H and O–H groups in total. The van der Waals surface area contributed by atoms with Crippen molar-refractivity contribution in [3.8, 4) is 5.69 Å². The first-order valence-electron chi connectivity index (χ1n) is 8.25. The van der Waals surface area contributed by atoms with Crippen LogP contribution in [-0.2, 0) is 35.2 Å². The largest absolute Gasteiger partial charge is 0.494 e. The van der Waals surface area contributed by atoms with Crippen LogP contribution in [0, 0.1) is 5.82 Å². The van der Waals surface area contributed by atoms with E-state index in [9.17, 15) is 31.6 Å². The highest BCUT2D eigenvalue weighted by atomic mass is 32.2. The van der Waals surface area contributed by atoms with Gasteiger partial charge in [-0.05, 0) is 36.4 Å². The van der Waals surface area contributed by atoms with E-state index < -0.39 is 41.4 Å². The third kappa shape index (κ3) is 5.44. The van der Waals surface area contributed by atoms with Crippen LogP contribution in [0.15, 0.2) is 47.4 Å². The number of methoxy groups -OCH3 is 1. The molecular weight excluding hydrogens is 460 g/mol. The van der Waals surface area contributed by atoms with E-state index in [0.29, 0.717) is 0 Å². The number of amides is 1. The second-order valence-electron chi connectivity index (χ2n) is 5.90. The highest BCUT2D eigenvalue weighted by molar-refractivity contribution is 7.85. The minimum atomic E-state index is -4.80. The lowest BCUT2D eigenvalue weighted by molar-refractivity contribution is 0.0746. The number of halogens is 1. The standard InChI is InChI=1S/C16H15FN3O9PS/c1-27-16(21)19-29-30(22,23)28-9-15-18-13-6-5-12(31(24,25)26)8-14(13)20(15)11-4-2-3-10(17)7-11/h2-8H,9H2,1H3,(H,19,21)(H,22,23)(H,24,25,26). The summed E-state index contributed by atoms with van der Waals surface area (Å²) in [4.78, 5) is 24.4. The van der Waals surface area contributed by atoms with Gasteiger partial charge in [-0.15, -0.1) is 0 Å². The summed E-state index contributed by atoms with van der Waals surface area (Å²) in [6.45, 7) is -0.664. The van der Waals surface area contributed by atoms with Gasteiger partial charge in [0.1, 0.15) is 18.2 Å². The van der Waals surface area contributed by atoms with Crippen molar-refractivity contribution in [1.82, 2.24) is 15.0 Å². The Bertz CT molecular complexity index is 1290. The number of ether oxygens (including phenoxy) is 1. The van der Waals surface area contributed by atoms with E-state index in [0.717, 1.165) is 25.3 Å². The Labute approximate surface area is 174 Å². The topological polar surface area (TPSA) is 166 Å². The highest BCUT2D eigenvalue weighted by Gasteiger charge is 2.26. The number of hydroxylamine groups is 1. The second-order valence-corrected chi connectivity index (χ2v) is 8.70. The van der Waals surface area contributed by atoms with Gasteiger partial charge in [-0.1, -0.05) is 6.07 Å². The van der Waals surface area contributed by atoms with Crippen LogP contribution < -0.4 is 5.48 Å². The molecule has 1 atom stereocenters. The molecule has 1 amide bonds. The molecule has 3 rings (SSSR count). The average Bonchev–Trinajstić information content (AvgIpc) is 3.07. The Hall–Kier alpha value is -2.87. The lowest BCUT2D eigenvalue weighted by atomic mass is 10.2. The Morgan fingerprint density at radius 3 is 2.68 bits per heavy atom. The maximum absolute atomic E-state index is 13.8.